The van der Waals surface area contributed by atoms with E-state index in [-0.39, 0.29) is 19.0 Å². The predicted molar refractivity (Wildman–Crippen MR) is 55.6 cm³/mol. The van der Waals surface area contributed by atoms with Crippen molar-refractivity contribution in [1.82, 2.24) is 10.2 Å². The van der Waals surface area contributed by atoms with E-state index in [0.717, 1.165) is 10.5 Å². The van der Waals surface area contributed by atoms with Crippen molar-refractivity contribution in [2.75, 3.05) is 13.1 Å². The summed E-state index contributed by atoms with van der Waals surface area (Å²) in [6, 6.07) is -0.985. The summed E-state index contributed by atoms with van der Waals surface area (Å²) in [5, 5.41) is 11.3. The Morgan fingerprint density at radius 1 is 1.50 bits per heavy atom. The van der Waals surface area contributed by atoms with E-state index in [1.807, 2.05) is 0 Å². The van der Waals surface area contributed by atoms with Gasteiger partial charge in [0.15, 0.2) is 0 Å². The van der Waals surface area contributed by atoms with Crippen LogP contribution in [0.3, 0.4) is 0 Å². The maximum Gasteiger partial charge on any atom is 0.328 e. The summed E-state index contributed by atoms with van der Waals surface area (Å²) in [4.78, 5) is 34.7. The summed E-state index contributed by atoms with van der Waals surface area (Å²) in [6.07, 6.45) is 1.33. The monoisotopic (exact) mass is 226 g/mol. The molecule has 0 spiro atoms. The van der Waals surface area contributed by atoms with Gasteiger partial charge >= 0.3 is 5.97 Å². The molecule has 0 saturated carbocycles. The number of aliphatic carboxylic acids is 1. The summed E-state index contributed by atoms with van der Waals surface area (Å²) in [5.41, 5.74) is 0.764. The maximum absolute atomic E-state index is 11.7. The molecule has 2 amide bonds. The number of hydrogen-bond donors (Lipinski definition) is 2. The van der Waals surface area contributed by atoms with Gasteiger partial charge in [0.2, 0.25) is 11.8 Å². The Morgan fingerprint density at radius 2 is 2.12 bits per heavy atom. The molecule has 88 valence electrons. The molecule has 0 aromatic carbocycles. The molecular weight excluding hydrogens is 212 g/mol. The zero-order valence-electron chi connectivity index (χ0n) is 9.19. The molecule has 0 aliphatic carbocycles. The fourth-order valence-corrected chi connectivity index (χ4v) is 1.42. The van der Waals surface area contributed by atoms with Gasteiger partial charge in [-0.25, -0.2) is 4.79 Å². The molecule has 1 atom stereocenters. The van der Waals surface area contributed by atoms with Crippen LogP contribution in [0.1, 0.15) is 13.8 Å². The van der Waals surface area contributed by atoms with Gasteiger partial charge in [0.1, 0.15) is 12.6 Å². The third kappa shape index (κ3) is 2.82. The summed E-state index contributed by atoms with van der Waals surface area (Å²) < 4.78 is 0. The van der Waals surface area contributed by atoms with Gasteiger partial charge in [-0.3, -0.25) is 9.59 Å². The number of carbonyl (C=O) groups is 3. The van der Waals surface area contributed by atoms with E-state index >= 15 is 0 Å². The van der Waals surface area contributed by atoms with Crippen molar-refractivity contribution in [2.45, 2.75) is 19.9 Å². The first-order chi connectivity index (χ1) is 7.41. The van der Waals surface area contributed by atoms with Gasteiger partial charge in [-0.05, 0) is 13.8 Å². The van der Waals surface area contributed by atoms with Crippen LogP contribution in [0.25, 0.3) is 0 Å². The highest BCUT2D eigenvalue weighted by Crippen LogP contribution is 2.06. The molecule has 1 heterocycles. The lowest BCUT2D eigenvalue weighted by Gasteiger charge is -2.31. The normalized spacial score (nSPS) is 20.0. The minimum absolute atomic E-state index is 0.0451. The quantitative estimate of drug-likeness (QED) is 0.613. The van der Waals surface area contributed by atoms with E-state index in [4.69, 9.17) is 5.11 Å². The highest BCUT2D eigenvalue weighted by molar-refractivity contribution is 5.96. The number of carbonyl (C=O) groups excluding carboxylic acids is 2. The van der Waals surface area contributed by atoms with Gasteiger partial charge in [-0.1, -0.05) is 5.57 Å². The molecule has 1 saturated heterocycles. The van der Waals surface area contributed by atoms with Crippen molar-refractivity contribution in [2.24, 2.45) is 0 Å². The van der Waals surface area contributed by atoms with Gasteiger partial charge in [-0.15, -0.1) is 0 Å². The Labute approximate surface area is 92.9 Å². The smallest absolute Gasteiger partial charge is 0.328 e. The first-order valence-electron chi connectivity index (χ1n) is 4.87. The fraction of sp³-hybridized carbons (Fsp3) is 0.500. The summed E-state index contributed by atoms with van der Waals surface area (Å²) in [6.45, 7) is 3.21. The van der Waals surface area contributed by atoms with Gasteiger partial charge in [0.25, 0.3) is 0 Å². The Hall–Kier alpha value is -1.85. The Morgan fingerprint density at radius 3 is 2.62 bits per heavy atom. The number of piperazine rings is 1. The second kappa shape index (κ2) is 4.78. The second-order valence-electron chi connectivity index (χ2n) is 3.85. The van der Waals surface area contributed by atoms with Crippen LogP contribution in [0, 0.1) is 0 Å². The number of rotatable bonds is 2. The molecular formula is C10H14N2O4. The summed E-state index contributed by atoms with van der Waals surface area (Å²) in [7, 11) is 0. The van der Waals surface area contributed by atoms with Gasteiger partial charge in [0.05, 0.1) is 0 Å². The molecule has 6 nitrogen and oxygen atoms in total. The van der Waals surface area contributed by atoms with Crippen molar-refractivity contribution in [3.63, 3.8) is 0 Å². The average molecular weight is 226 g/mol. The minimum atomic E-state index is -1.12. The van der Waals surface area contributed by atoms with Crippen LogP contribution in [0.5, 0.6) is 0 Å². The van der Waals surface area contributed by atoms with Crippen LogP contribution in [0.2, 0.25) is 0 Å². The minimum Gasteiger partial charge on any atom is -0.480 e. The molecule has 0 bridgehead atoms. The van der Waals surface area contributed by atoms with Crippen LogP contribution in [0.4, 0.5) is 0 Å². The number of allylic oxidation sites excluding steroid dienone is 1. The number of carboxylic acid groups (broad SMARTS) is 1. The molecule has 0 radical (unpaired) electrons. The predicted octanol–water partition coefficient (Wildman–Crippen LogP) is -0.636. The van der Waals surface area contributed by atoms with E-state index < -0.39 is 17.9 Å². The van der Waals surface area contributed by atoms with Crippen molar-refractivity contribution < 1.29 is 19.5 Å². The van der Waals surface area contributed by atoms with Crippen LogP contribution in [0.15, 0.2) is 11.6 Å². The van der Waals surface area contributed by atoms with E-state index in [9.17, 15) is 14.4 Å². The molecule has 1 rings (SSSR count). The first kappa shape index (κ1) is 12.2. The van der Waals surface area contributed by atoms with Gasteiger partial charge in [-0.2, -0.15) is 0 Å². The maximum atomic E-state index is 11.7. The van der Waals surface area contributed by atoms with Crippen molar-refractivity contribution in [3.05, 3.63) is 11.6 Å². The summed E-state index contributed by atoms with van der Waals surface area (Å²) >= 11 is 0. The molecule has 0 aromatic rings. The lowest BCUT2D eigenvalue weighted by Crippen LogP contribution is -2.59. The standard InChI is InChI=1S/C10H14N2O4/c1-6(2)3-9(14)12-5-8(13)11-4-7(12)10(15)16/h3,7H,4-5H2,1-2H3,(H,11,13)(H,15,16). The van der Waals surface area contributed by atoms with E-state index in [1.54, 1.807) is 13.8 Å². The van der Waals surface area contributed by atoms with Crippen LogP contribution < -0.4 is 5.32 Å². The number of amides is 2. The fourth-order valence-electron chi connectivity index (χ4n) is 1.42. The zero-order valence-corrected chi connectivity index (χ0v) is 9.19. The third-order valence-electron chi connectivity index (χ3n) is 2.16. The number of nitrogens with zero attached hydrogens (tertiary/aromatic N) is 1. The van der Waals surface area contributed by atoms with Gasteiger partial charge < -0.3 is 15.3 Å². The SMILES string of the molecule is CC(C)=CC(=O)N1CC(=O)NCC1C(=O)O. The molecule has 1 aliphatic rings. The molecule has 1 aliphatic heterocycles. The third-order valence-corrected chi connectivity index (χ3v) is 2.16. The highest BCUT2D eigenvalue weighted by Gasteiger charge is 2.34. The first-order valence-corrected chi connectivity index (χ1v) is 4.87. The molecule has 1 fully saturated rings. The molecule has 1 unspecified atom stereocenters. The summed E-state index contributed by atoms with van der Waals surface area (Å²) in [5.74, 6) is -1.90. The largest absolute Gasteiger partial charge is 0.480 e. The molecule has 2 N–H and O–H groups in total. The molecule has 6 heteroatoms. The molecule has 16 heavy (non-hydrogen) atoms. The van der Waals surface area contributed by atoms with Crippen LogP contribution in [-0.2, 0) is 14.4 Å². The Balaban J connectivity index is 2.87. The second-order valence-corrected chi connectivity index (χ2v) is 3.85. The Bertz CT molecular complexity index is 358. The average Bonchev–Trinajstić information content (AvgIpc) is 2.15. The highest BCUT2D eigenvalue weighted by atomic mass is 16.4. The van der Waals surface area contributed by atoms with Crippen molar-refractivity contribution in [3.8, 4) is 0 Å². The lowest BCUT2D eigenvalue weighted by atomic mass is 10.1. The van der Waals surface area contributed by atoms with Crippen molar-refractivity contribution >= 4 is 17.8 Å². The van der Waals surface area contributed by atoms with E-state index in [2.05, 4.69) is 5.32 Å². The van der Waals surface area contributed by atoms with E-state index in [1.165, 1.54) is 6.08 Å². The number of nitrogens with one attached hydrogen (secondary N) is 1. The van der Waals surface area contributed by atoms with Gasteiger partial charge in [0, 0.05) is 12.6 Å². The lowest BCUT2D eigenvalue weighted by molar-refractivity contribution is -0.152. The van der Waals surface area contributed by atoms with Crippen LogP contribution in [-0.4, -0.2) is 46.9 Å². The van der Waals surface area contributed by atoms with Crippen molar-refractivity contribution in [1.29, 1.82) is 0 Å². The zero-order chi connectivity index (χ0) is 12.3. The molecule has 0 aromatic heterocycles. The topological polar surface area (TPSA) is 86.7 Å². The Kier molecular flexibility index (Phi) is 3.65. The number of carboxylic acids is 1. The van der Waals surface area contributed by atoms with E-state index in [0.29, 0.717) is 0 Å². The number of hydrogen-bond acceptors (Lipinski definition) is 3. The van der Waals surface area contributed by atoms with Crippen LogP contribution >= 0.6 is 0 Å².